The molecule has 18 heavy (non-hydrogen) atoms. The summed E-state index contributed by atoms with van der Waals surface area (Å²) in [4.78, 5) is 11.5. The number of rotatable bonds is 5. The third-order valence-electron chi connectivity index (χ3n) is 2.08. The first kappa shape index (κ1) is 14.1. The lowest BCUT2D eigenvalue weighted by atomic mass is 10.1. The number of halogens is 1. The average Bonchev–Trinajstić information content (AvgIpc) is 2.42. The number of benzene rings is 1. The van der Waals surface area contributed by atoms with Crippen molar-refractivity contribution < 1.29 is 14.3 Å². The summed E-state index contributed by atoms with van der Waals surface area (Å²) in [7, 11) is 1.56. The molecular formula is C13H12ClNO3. The maximum Gasteiger partial charge on any atom is 0.348 e. The van der Waals surface area contributed by atoms with E-state index >= 15 is 0 Å². The van der Waals surface area contributed by atoms with Gasteiger partial charge in [0.05, 0.1) is 13.0 Å². The van der Waals surface area contributed by atoms with Crippen LogP contribution in [0, 0.1) is 11.3 Å². The van der Waals surface area contributed by atoms with E-state index in [4.69, 9.17) is 26.3 Å². The Bertz CT molecular complexity index is 474. The van der Waals surface area contributed by atoms with Gasteiger partial charge in [-0.3, -0.25) is 0 Å². The first-order valence-corrected chi connectivity index (χ1v) is 5.73. The maximum absolute atomic E-state index is 11.5. The molecule has 5 heteroatoms. The molecule has 0 bridgehead atoms. The van der Waals surface area contributed by atoms with Crippen LogP contribution in [0.4, 0.5) is 0 Å². The number of carbonyl (C=O) groups is 1. The summed E-state index contributed by atoms with van der Waals surface area (Å²) in [5.41, 5.74) is 0.653. The smallest absolute Gasteiger partial charge is 0.348 e. The topological polar surface area (TPSA) is 59.3 Å². The van der Waals surface area contributed by atoms with Crippen molar-refractivity contribution in [2.24, 2.45) is 0 Å². The van der Waals surface area contributed by atoms with Crippen molar-refractivity contribution in [2.45, 2.75) is 0 Å². The Morgan fingerprint density at radius 2 is 2.11 bits per heavy atom. The van der Waals surface area contributed by atoms with Crippen molar-refractivity contribution in [2.75, 3.05) is 19.6 Å². The summed E-state index contributed by atoms with van der Waals surface area (Å²) in [6, 6.07) is 8.76. The average molecular weight is 266 g/mol. The first-order chi connectivity index (χ1) is 8.71. The summed E-state index contributed by atoms with van der Waals surface area (Å²) >= 11 is 5.39. The minimum absolute atomic E-state index is 0.0646. The fourth-order valence-electron chi connectivity index (χ4n) is 1.21. The van der Waals surface area contributed by atoms with Gasteiger partial charge in [0.2, 0.25) is 0 Å². The fraction of sp³-hybridized carbons (Fsp3) is 0.231. The molecule has 4 nitrogen and oxygen atoms in total. The van der Waals surface area contributed by atoms with E-state index in [1.165, 1.54) is 6.08 Å². The Morgan fingerprint density at radius 1 is 1.44 bits per heavy atom. The van der Waals surface area contributed by atoms with Gasteiger partial charge in [-0.1, -0.05) is 12.1 Å². The second kappa shape index (κ2) is 7.36. The molecule has 1 rings (SSSR count). The molecule has 0 fully saturated rings. The van der Waals surface area contributed by atoms with Gasteiger partial charge in [0.1, 0.15) is 24.0 Å². The van der Waals surface area contributed by atoms with Gasteiger partial charge in [-0.15, -0.1) is 11.6 Å². The SMILES string of the molecule is COc1ccc(/C=C(\C#N)C(=O)OCCCl)cc1. The first-order valence-electron chi connectivity index (χ1n) is 5.20. The van der Waals surface area contributed by atoms with Crippen molar-refractivity contribution in [1.29, 1.82) is 5.26 Å². The van der Waals surface area contributed by atoms with Crippen LogP contribution in [0.15, 0.2) is 29.8 Å². The molecule has 0 radical (unpaired) electrons. The van der Waals surface area contributed by atoms with Crippen LogP contribution in [-0.4, -0.2) is 25.6 Å². The lowest BCUT2D eigenvalue weighted by Crippen LogP contribution is -2.08. The molecule has 94 valence electrons. The minimum Gasteiger partial charge on any atom is -0.497 e. The fourth-order valence-corrected chi connectivity index (χ4v) is 1.29. The van der Waals surface area contributed by atoms with Crippen LogP contribution < -0.4 is 4.74 Å². The predicted molar refractivity (Wildman–Crippen MR) is 68.3 cm³/mol. The quantitative estimate of drug-likeness (QED) is 0.355. The van der Waals surface area contributed by atoms with E-state index in [1.54, 1.807) is 37.4 Å². The van der Waals surface area contributed by atoms with Gasteiger partial charge < -0.3 is 9.47 Å². The number of methoxy groups -OCH3 is 1. The minimum atomic E-state index is -0.672. The van der Waals surface area contributed by atoms with E-state index in [1.807, 2.05) is 0 Å². The molecule has 0 amide bonds. The molecule has 0 N–H and O–H groups in total. The Kier molecular flexibility index (Phi) is 5.75. The second-order valence-electron chi connectivity index (χ2n) is 3.27. The van der Waals surface area contributed by atoms with Crippen molar-refractivity contribution >= 4 is 23.6 Å². The van der Waals surface area contributed by atoms with Crippen LogP contribution in [0.3, 0.4) is 0 Å². The molecule has 0 spiro atoms. The number of hydrogen-bond donors (Lipinski definition) is 0. The Labute approximate surface area is 110 Å². The Hall–Kier alpha value is -1.99. The zero-order valence-corrected chi connectivity index (χ0v) is 10.6. The van der Waals surface area contributed by atoms with Gasteiger partial charge >= 0.3 is 5.97 Å². The molecule has 0 aliphatic rings. The zero-order valence-electron chi connectivity index (χ0n) is 9.85. The highest BCUT2D eigenvalue weighted by Crippen LogP contribution is 2.14. The van der Waals surface area contributed by atoms with Crippen LogP contribution in [0.25, 0.3) is 6.08 Å². The molecule has 1 aromatic rings. The largest absolute Gasteiger partial charge is 0.497 e. The molecule has 0 heterocycles. The molecular weight excluding hydrogens is 254 g/mol. The van der Waals surface area contributed by atoms with E-state index in [2.05, 4.69) is 0 Å². The highest BCUT2D eigenvalue weighted by Gasteiger charge is 2.10. The summed E-state index contributed by atoms with van der Waals surface area (Å²) in [5.74, 6) is 0.233. The maximum atomic E-state index is 11.5. The van der Waals surface area contributed by atoms with Gasteiger partial charge in [0, 0.05) is 0 Å². The van der Waals surface area contributed by atoms with Crippen molar-refractivity contribution in [1.82, 2.24) is 0 Å². The second-order valence-corrected chi connectivity index (χ2v) is 3.65. The summed E-state index contributed by atoms with van der Waals surface area (Å²) in [6.45, 7) is 0.0853. The van der Waals surface area contributed by atoms with Crippen LogP contribution >= 0.6 is 11.6 Å². The van der Waals surface area contributed by atoms with E-state index in [9.17, 15) is 4.79 Å². The number of alkyl halides is 1. The van der Waals surface area contributed by atoms with E-state index in [0.29, 0.717) is 5.75 Å². The molecule has 0 aromatic heterocycles. The predicted octanol–water partition coefficient (Wildman–Crippen LogP) is 2.38. The monoisotopic (exact) mass is 265 g/mol. The number of esters is 1. The number of nitriles is 1. The van der Waals surface area contributed by atoms with Gasteiger partial charge in [-0.05, 0) is 23.8 Å². The number of carbonyl (C=O) groups excluding carboxylic acids is 1. The number of nitrogens with zero attached hydrogens (tertiary/aromatic N) is 1. The van der Waals surface area contributed by atoms with Crippen LogP contribution in [-0.2, 0) is 9.53 Å². The van der Waals surface area contributed by atoms with Gasteiger partial charge in [-0.25, -0.2) is 4.79 Å². The number of hydrogen-bond acceptors (Lipinski definition) is 4. The van der Waals surface area contributed by atoms with Gasteiger partial charge in [0.25, 0.3) is 0 Å². The molecule has 1 aromatic carbocycles. The van der Waals surface area contributed by atoms with Crippen LogP contribution in [0.5, 0.6) is 5.75 Å². The summed E-state index contributed by atoms with van der Waals surface area (Å²) in [6.07, 6.45) is 1.45. The molecule has 0 aliphatic carbocycles. The molecule has 0 saturated carbocycles. The van der Waals surface area contributed by atoms with Crippen LogP contribution in [0.2, 0.25) is 0 Å². The normalized spacial score (nSPS) is 10.6. The van der Waals surface area contributed by atoms with Crippen molar-refractivity contribution in [3.63, 3.8) is 0 Å². The Balaban J connectivity index is 2.83. The van der Waals surface area contributed by atoms with Crippen LogP contribution in [0.1, 0.15) is 5.56 Å². The number of ether oxygens (including phenoxy) is 2. The highest BCUT2D eigenvalue weighted by atomic mass is 35.5. The molecule has 0 unspecified atom stereocenters. The highest BCUT2D eigenvalue weighted by molar-refractivity contribution is 6.18. The Morgan fingerprint density at radius 3 is 2.61 bits per heavy atom. The lowest BCUT2D eigenvalue weighted by molar-refractivity contribution is -0.137. The van der Waals surface area contributed by atoms with Gasteiger partial charge in [0.15, 0.2) is 0 Å². The third kappa shape index (κ3) is 4.11. The zero-order chi connectivity index (χ0) is 13.4. The molecule has 0 saturated heterocycles. The third-order valence-corrected chi connectivity index (χ3v) is 2.23. The van der Waals surface area contributed by atoms with E-state index in [0.717, 1.165) is 5.56 Å². The molecule has 0 atom stereocenters. The van der Waals surface area contributed by atoms with Gasteiger partial charge in [-0.2, -0.15) is 5.26 Å². The summed E-state index contributed by atoms with van der Waals surface area (Å²) < 4.78 is 9.78. The lowest BCUT2D eigenvalue weighted by Gasteiger charge is -2.02. The summed E-state index contributed by atoms with van der Waals surface area (Å²) in [5, 5.41) is 8.88. The standard InChI is InChI=1S/C13H12ClNO3/c1-17-12-4-2-10(3-5-12)8-11(9-15)13(16)18-7-6-14/h2-5,8H,6-7H2,1H3/b11-8+. The van der Waals surface area contributed by atoms with E-state index in [-0.39, 0.29) is 18.1 Å². The molecule has 0 aliphatic heterocycles. The van der Waals surface area contributed by atoms with Crippen molar-refractivity contribution in [3.05, 3.63) is 35.4 Å². The van der Waals surface area contributed by atoms with Crippen molar-refractivity contribution in [3.8, 4) is 11.8 Å². The van der Waals surface area contributed by atoms with E-state index < -0.39 is 5.97 Å².